The number of anilines is 1. The molecule has 2 unspecified atom stereocenters. The lowest BCUT2D eigenvalue weighted by Crippen LogP contribution is -2.30. The number of thiocarbonyl (C=S) groups is 1. The van der Waals surface area contributed by atoms with Gasteiger partial charge in [0.25, 0.3) is 0 Å². The lowest BCUT2D eigenvalue weighted by atomic mass is 10.0. The quantitative estimate of drug-likeness (QED) is 0.374. The summed E-state index contributed by atoms with van der Waals surface area (Å²) < 4.78 is 7.97. The van der Waals surface area contributed by atoms with Crippen LogP contribution in [0.1, 0.15) is 42.9 Å². The summed E-state index contributed by atoms with van der Waals surface area (Å²) in [5.74, 6) is 1.70. The summed E-state index contributed by atoms with van der Waals surface area (Å²) in [7, 11) is 0. The van der Waals surface area contributed by atoms with E-state index in [4.69, 9.17) is 17.0 Å². The van der Waals surface area contributed by atoms with Crippen molar-refractivity contribution in [3.63, 3.8) is 0 Å². The first-order valence-corrected chi connectivity index (χ1v) is 11.8. The molecule has 34 heavy (non-hydrogen) atoms. The van der Waals surface area contributed by atoms with Gasteiger partial charge in [-0.25, -0.2) is 4.98 Å². The maximum Gasteiger partial charge on any atom is 0.174 e. The Morgan fingerprint density at radius 3 is 2.47 bits per heavy atom. The molecular weight excluding hydrogens is 442 g/mol. The van der Waals surface area contributed by atoms with Gasteiger partial charge in [-0.1, -0.05) is 12.1 Å². The summed E-state index contributed by atoms with van der Waals surface area (Å²) in [6, 6.07) is 22.1. The largest absolute Gasteiger partial charge is 0.491 e. The number of rotatable bonds is 6. The van der Waals surface area contributed by atoms with Crippen molar-refractivity contribution in [2.75, 3.05) is 4.90 Å². The third-order valence-corrected chi connectivity index (χ3v) is 6.13. The van der Waals surface area contributed by atoms with Crippen molar-refractivity contribution in [2.45, 2.75) is 39.0 Å². The van der Waals surface area contributed by atoms with Gasteiger partial charge in [-0.05, 0) is 93.1 Å². The second-order valence-corrected chi connectivity index (χ2v) is 9.04. The highest BCUT2D eigenvalue weighted by Gasteiger charge is 2.42. The number of hydrogen-bond donors (Lipinski definition) is 1. The van der Waals surface area contributed by atoms with Gasteiger partial charge < -0.3 is 19.5 Å². The summed E-state index contributed by atoms with van der Waals surface area (Å²) in [5.41, 5.74) is 4.11. The molecular formula is C27H27N5OS. The Morgan fingerprint density at radius 2 is 1.79 bits per heavy atom. The van der Waals surface area contributed by atoms with E-state index in [1.807, 2.05) is 81.8 Å². The average molecular weight is 470 g/mol. The zero-order valence-electron chi connectivity index (χ0n) is 19.4. The van der Waals surface area contributed by atoms with Crippen molar-refractivity contribution in [2.24, 2.45) is 0 Å². The monoisotopic (exact) mass is 469 g/mol. The van der Waals surface area contributed by atoms with E-state index in [1.54, 1.807) is 0 Å². The van der Waals surface area contributed by atoms with Crippen molar-refractivity contribution in [1.82, 2.24) is 19.9 Å². The molecule has 0 spiro atoms. The van der Waals surface area contributed by atoms with E-state index in [1.165, 1.54) is 0 Å². The van der Waals surface area contributed by atoms with Gasteiger partial charge >= 0.3 is 0 Å². The van der Waals surface area contributed by atoms with E-state index in [0.717, 1.165) is 34.2 Å². The molecule has 0 bridgehead atoms. The van der Waals surface area contributed by atoms with Crippen LogP contribution < -0.4 is 15.0 Å². The number of aryl methyl sites for hydroxylation is 1. The smallest absolute Gasteiger partial charge is 0.174 e. The van der Waals surface area contributed by atoms with Gasteiger partial charge in [0.15, 0.2) is 5.11 Å². The van der Waals surface area contributed by atoms with Crippen LogP contribution in [0.3, 0.4) is 0 Å². The normalized spacial score (nSPS) is 17.8. The summed E-state index contributed by atoms with van der Waals surface area (Å²) in [6.45, 7) is 6.08. The molecule has 1 fully saturated rings. The zero-order valence-corrected chi connectivity index (χ0v) is 20.2. The van der Waals surface area contributed by atoms with Crippen LogP contribution in [0.4, 0.5) is 5.69 Å². The molecule has 0 saturated carbocycles. The van der Waals surface area contributed by atoms with Gasteiger partial charge in [-0.3, -0.25) is 4.98 Å². The molecule has 1 saturated heterocycles. The second kappa shape index (κ2) is 9.27. The van der Waals surface area contributed by atoms with Crippen molar-refractivity contribution in [3.8, 4) is 11.6 Å². The van der Waals surface area contributed by atoms with Crippen LogP contribution in [-0.4, -0.2) is 25.8 Å². The van der Waals surface area contributed by atoms with Crippen molar-refractivity contribution < 1.29 is 4.74 Å². The predicted octanol–water partition coefficient (Wildman–Crippen LogP) is 5.54. The maximum atomic E-state index is 5.86. The average Bonchev–Trinajstić information content (AvgIpc) is 3.45. The predicted molar refractivity (Wildman–Crippen MR) is 138 cm³/mol. The molecule has 4 aromatic rings. The Balaban J connectivity index is 1.60. The fourth-order valence-corrected chi connectivity index (χ4v) is 4.68. The van der Waals surface area contributed by atoms with E-state index >= 15 is 0 Å². The lowest BCUT2D eigenvalue weighted by molar-refractivity contribution is 0.242. The lowest BCUT2D eigenvalue weighted by Gasteiger charge is -2.29. The fourth-order valence-electron chi connectivity index (χ4n) is 4.34. The molecule has 6 nitrogen and oxygen atoms in total. The summed E-state index contributed by atoms with van der Waals surface area (Å²) >= 11 is 5.86. The van der Waals surface area contributed by atoms with Crippen molar-refractivity contribution >= 4 is 23.0 Å². The van der Waals surface area contributed by atoms with Crippen LogP contribution in [0.25, 0.3) is 5.82 Å². The van der Waals surface area contributed by atoms with Crippen LogP contribution in [0, 0.1) is 6.92 Å². The van der Waals surface area contributed by atoms with Crippen LogP contribution >= 0.6 is 12.2 Å². The molecule has 5 rings (SSSR count). The Hall–Kier alpha value is -3.71. The first kappa shape index (κ1) is 22.1. The Morgan fingerprint density at radius 1 is 0.971 bits per heavy atom. The summed E-state index contributed by atoms with van der Waals surface area (Å²) in [6.07, 6.45) is 5.87. The minimum absolute atomic E-state index is 0.118. The van der Waals surface area contributed by atoms with E-state index < -0.39 is 0 Å². The third-order valence-electron chi connectivity index (χ3n) is 5.81. The summed E-state index contributed by atoms with van der Waals surface area (Å²) in [5, 5.41) is 4.18. The third kappa shape index (κ3) is 4.26. The molecule has 1 aromatic carbocycles. The molecule has 1 aliphatic heterocycles. The maximum absolute atomic E-state index is 5.86. The first-order valence-electron chi connectivity index (χ1n) is 11.4. The molecule has 0 aliphatic carbocycles. The van der Waals surface area contributed by atoms with Crippen molar-refractivity contribution in [3.05, 3.63) is 102 Å². The standard InChI is InChI=1S/C27H27N5OS/c1-18(2)33-21-12-10-20(11-13-21)32-26(25(30-27(32)34)22-7-4-5-15-28-22)23-8-6-16-31(23)24-14-9-19(3)17-29-24/h4-18,25-26H,1-3H3,(H,30,34). The number of nitrogens with zero attached hydrogens (tertiary/aromatic N) is 4. The molecule has 4 heterocycles. The van der Waals surface area contributed by atoms with E-state index in [2.05, 4.69) is 49.0 Å². The van der Waals surface area contributed by atoms with Crippen LogP contribution in [0.5, 0.6) is 5.75 Å². The Kier molecular flexibility index (Phi) is 6.02. The van der Waals surface area contributed by atoms with Gasteiger partial charge in [0.2, 0.25) is 0 Å². The Bertz CT molecular complexity index is 1270. The van der Waals surface area contributed by atoms with E-state index in [9.17, 15) is 0 Å². The SMILES string of the molecule is Cc1ccc(-n2cccc2C2C(c3ccccn3)NC(=S)N2c2ccc(OC(C)C)cc2)nc1. The Labute approximate surface area is 205 Å². The number of benzene rings is 1. The minimum Gasteiger partial charge on any atom is -0.491 e. The van der Waals surface area contributed by atoms with E-state index in [-0.39, 0.29) is 18.2 Å². The number of hydrogen-bond acceptors (Lipinski definition) is 4. The van der Waals surface area contributed by atoms with Gasteiger partial charge in [-0.15, -0.1) is 0 Å². The van der Waals surface area contributed by atoms with Crippen LogP contribution in [0.2, 0.25) is 0 Å². The van der Waals surface area contributed by atoms with Gasteiger partial charge in [-0.2, -0.15) is 0 Å². The first-order chi connectivity index (χ1) is 16.5. The zero-order chi connectivity index (χ0) is 23.7. The number of pyridine rings is 2. The number of ether oxygens (including phenoxy) is 1. The van der Waals surface area contributed by atoms with Gasteiger partial charge in [0, 0.05) is 30.0 Å². The van der Waals surface area contributed by atoms with E-state index in [0.29, 0.717) is 5.11 Å². The van der Waals surface area contributed by atoms with Crippen LogP contribution in [0.15, 0.2) is 85.3 Å². The van der Waals surface area contributed by atoms with Crippen LogP contribution in [-0.2, 0) is 0 Å². The minimum atomic E-state index is -0.127. The molecule has 172 valence electrons. The highest BCUT2D eigenvalue weighted by Crippen LogP contribution is 2.42. The molecule has 1 N–H and O–H groups in total. The highest BCUT2D eigenvalue weighted by atomic mass is 32.1. The fraction of sp³-hybridized carbons (Fsp3) is 0.222. The summed E-state index contributed by atoms with van der Waals surface area (Å²) in [4.78, 5) is 11.5. The molecule has 1 aliphatic rings. The van der Waals surface area contributed by atoms with Gasteiger partial charge in [0.05, 0.1) is 17.8 Å². The molecule has 7 heteroatoms. The second-order valence-electron chi connectivity index (χ2n) is 8.65. The van der Waals surface area contributed by atoms with Crippen molar-refractivity contribution in [1.29, 1.82) is 0 Å². The molecule has 0 radical (unpaired) electrons. The highest BCUT2D eigenvalue weighted by molar-refractivity contribution is 7.80. The number of aromatic nitrogens is 3. The number of nitrogens with one attached hydrogen (secondary N) is 1. The molecule has 2 atom stereocenters. The topological polar surface area (TPSA) is 55.2 Å². The molecule has 3 aromatic heterocycles. The molecule has 0 amide bonds. The van der Waals surface area contributed by atoms with Gasteiger partial charge in [0.1, 0.15) is 17.6 Å².